The molecule has 1 aliphatic rings. The van der Waals surface area contributed by atoms with E-state index in [0.29, 0.717) is 5.75 Å². The van der Waals surface area contributed by atoms with E-state index in [4.69, 9.17) is 35.9 Å². The van der Waals surface area contributed by atoms with Crippen LogP contribution in [0.1, 0.15) is 33.9 Å². The smallest absolute Gasteiger partial charge is 0.351 e. The van der Waals surface area contributed by atoms with Crippen molar-refractivity contribution in [2.45, 2.75) is 63.3 Å². The van der Waals surface area contributed by atoms with Crippen LogP contribution in [0.4, 0.5) is 5.82 Å². The van der Waals surface area contributed by atoms with Gasteiger partial charge in [-0.25, -0.2) is 9.88 Å². The maximum absolute atomic E-state index is 12.4. The van der Waals surface area contributed by atoms with Crippen molar-refractivity contribution >= 4 is 39.1 Å². The molecule has 1 aliphatic heterocycles. The molecule has 3 rings (SSSR count). The molecule has 14 heteroatoms. The van der Waals surface area contributed by atoms with Gasteiger partial charge in [0.05, 0.1) is 6.10 Å². The molecule has 1 aromatic carbocycles. The molecule has 4 N–H and O–H groups in total. The fourth-order valence-corrected chi connectivity index (χ4v) is 6.38. The normalized spacial score (nSPS) is 26.8. The van der Waals surface area contributed by atoms with Crippen LogP contribution in [0, 0.1) is 0 Å². The van der Waals surface area contributed by atoms with E-state index in [9.17, 15) is 14.7 Å². The number of para-hydroxylation sites is 1. The van der Waals surface area contributed by atoms with Crippen molar-refractivity contribution < 1.29 is 28.4 Å². The summed E-state index contributed by atoms with van der Waals surface area (Å²) in [5, 5.41) is 13.9. The molecule has 2 heterocycles. The summed E-state index contributed by atoms with van der Waals surface area (Å²) >= 11 is 6.62. The maximum Gasteiger partial charge on any atom is 0.351 e. The average Bonchev–Trinajstić information content (AvgIpc) is 2.97. The quantitative estimate of drug-likeness (QED) is 0.244. The standard InChI is InChI=1S/C21H29ClN4O7P2/c1-12(2)30-17(28)13(3)25-35(34,32-14-8-6-5-7-9-14)33-18-16(27)21(4,22)19(31-18)26-11-10-15(23)24-20(26)29/h5-13,16,18-19,25,27,34H,1-4H3,(H2,23,24,29)/t13-,16-,18-,19-,21-,35-/m1/s1. The molecule has 11 nitrogen and oxygen atoms in total. The molecule has 1 aromatic heterocycles. The molecule has 1 fully saturated rings. The Hall–Kier alpha value is -1.97. The van der Waals surface area contributed by atoms with Crippen molar-refractivity contribution in [1.82, 2.24) is 14.6 Å². The van der Waals surface area contributed by atoms with Crippen LogP contribution in [0.15, 0.2) is 47.4 Å². The number of rotatable bonds is 9. The first-order chi connectivity index (χ1) is 16.3. The molecule has 0 unspecified atom stereocenters. The van der Waals surface area contributed by atoms with Gasteiger partial charge in [0.1, 0.15) is 28.6 Å². The van der Waals surface area contributed by atoms with E-state index < -0.39 is 48.4 Å². The van der Waals surface area contributed by atoms with Crippen LogP contribution in [0.2, 0.25) is 0 Å². The summed E-state index contributed by atoms with van der Waals surface area (Å²) in [5.41, 5.74) is 4.86. The highest BCUT2D eigenvalue weighted by Gasteiger charge is 2.55. The van der Waals surface area contributed by atoms with Crippen LogP contribution in [0.3, 0.4) is 0 Å². The minimum Gasteiger partial charge on any atom is -0.462 e. The van der Waals surface area contributed by atoms with Crippen molar-refractivity contribution in [3.05, 3.63) is 53.1 Å². The SMILES string of the molecule is CC(C)OC(=O)[C@@H](C)N[P@@](=P)(Oc1ccccc1)O[C@H]1O[C@@H](n2ccc(N)nc2=O)[C@](C)(Cl)[C@@H]1O. The van der Waals surface area contributed by atoms with Crippen molar-refractivity contribution in [1.29, 1.82) is 0 Å². The number of aliphatic hydroxyl groups excluding tert-OH is 1. The average molecular weight is 547 g/mol. The van der Waals surface area contributed by atoms with Crippen LogP contribution in [-0.2, 0) is 18.8 Å². The zero-order chi connectivity index (χ0) is 26.0. The van der Waals surface area contributed by atoms with Gasteiger partial charge in [-0.15, -0.1) is 11.6 Å². The zero-order valence-electron chi connectivity index (χ0n) is 19.6. The largest absolute Gasteiger partial charge is 0.462 e. The van der Waals surface area contributed by atoms with Gasteiger partial charge in [0.25, 0.3) is 7.15 Å². The molecule has 0 spiro atoms. The van der Waals surface area contributed by atoms with E-state index >= 15 is 0 Å². The second kappa shape index (κ2) is 11.0. The van der Waals surface area contributed by atoms with Gasteiger partial charge in [-0.05, 0) is 54.4 Å². The Morgan fingerprint density at radius 3 is 2.60 bits per heavy atom. The molecule has 0 saturated carbocycles. The number of aliphatic hydroxyl groups is 1. The second-order valence-electron chi connectivity index (χ2n) is 8.39. The molecule has 0 amide bonds. The lowest BCUT2D eigenvalue weighted by Crippen LogP contribution is -2.42. The Kier molecular flexibility index (Phi) is 8.65. The van der Waals surface area contributed by atoms with Gasteiger partial charge in [0.2, 0.25) is 0 Å². The summed E-state index contributed by atoms with van der Waals surface area (Å²) < 4.78 is 24.3. The van der Waals surface area contributed by atoms with Gasteiger partial charge in [-0.1, -0.05) is 18.2 Å². The van der Waals surface area contributed by atoms with E-state index in [2.05, 4.69) is 18.6 Å². The number of hydrogen-bond donors (Lipinski definition) is 3. The number of halogens is 1. The number of aromatic nitrogens is 2. The maximum atomic E-state index is 12.4. The zero-order valence-corrected chi connectivity index (χ0v) is 22.3. The van der Waals surface area contributed by atoms with Crippen LogP contribution in [-0.4, -0.2) is 50.0 Å². The first-order valence-corrected chi connectivity index (χ1v) is 14.1. The lowest BCUT2D eigenvalue weighted by Gasteiger charge is -2.31. The number of hydrogen-bond acceptors (Lipinski definition) is 9. The molecular weight excluding hydrogens is 518 g/mol. The lowest BCUT2D eigenvalue weighted by molar-refractivity contribution is -0.149. The predicted octanol–water partition coefficient (Wildman–Crippen LogP) is 2.88. The summed E-state index contributed by atoms with van der Waals surface area (Å²) in [7, 11) is 0.179. The van der Waals surface area contributed by atoms with Crippen LogP contribution < -0.4 is 21.0 Å². The molecule has 1 saturated heterocycles. The number of alkyl halides is 1. The predicted molar refractivity (Wildman–Crippen MR) is 134 cm³/mol. The molecule has 192 valence electrons. The van der Waals surface area contributed by atoms with Crippen molar-refractivity contribution in [3.63, 3.8) is 0 Å². The van der Waals surface area contributed by atoms with Crippen molar-refractivity contribution in [2.24, 2.45) is 0 Å². The molecule has 0 radical (unpaired) electrons. The Morgan fingerprint density at radius 1 is 1.34 bits per heavy atom. The number of esters is 1. The van der Waals surface area contributed by atoms with Crippen molar-refractivity contribution in [2.75, 3.05) is 5.73 Å². The number of carbonyl (C=O) groups is 1. The Morgan fingerprint density at radius 2 is 2.00 bits per heavy atom. The second-order valence-corrected chi connectivity index (χ2v) is 12.7. The number of nitrogens with one attached hydrogen (secondary N) is 1. The number of anilines is 1. The van der Waals surface area contributed by atoms with E-state index in [1.807, 2.05) is 6.07 Å². The molecule has 2 aromatic rings. The summed E-state index contributed by atoms with van der Waals surface area (Å²) in [6.07, 6.45) is -2.88. The van der Waals surface area contributed by atoms with Crippen LogP contribution in [0.25, 0.3) is 0 Å². The van der Waals surface area contributed by atoms with Gasteiger partial charge in [-0.3, -0.25) is 13.9 Å². The highest BCUT2D eigenvalue weighted by Crippen LogP contribution is 2.55. The van der Waals surface area contributed by atoms with Gasteiger partial charge in [-0.2, -0.15) is 4.98 Å². The van der Waals surface area contributed by atoms with Crippen molar-refractivity contribution in [3.8, 4) is 5.75 Å². The monoisotopic (exact) mass is 546 g/mol. The summed E-state index contributed by atoms with van der Waals surface area (Å²) in [4.78, 5) is 27.0. The minimum atomic E-state index is -3.34. The first kappa shape index (κ1) is 27.6. The molecular formula is C21H29ClN4O7P2. The Balaban J connectivity index is 1.89. The van der Waals surface area contributed by atoms with E-state index in [0.717, 1.165) is 4.57 Å². The number of benzene rings is 1. The molecule has 0 aliphatic carbocycles. The minimum absolute atomic E-state index is 0.0294. The van der Waals surface area contributed by atoms with E-state index in [1.165, 1.54) is 19.2 Å². The number of nitrogens with two attached hydrogens (primary N) is 1. The number of nitrogen functional groups attached to an aromatic ring is 1. The van der Waals surface area contributed by atoms with E-state index in [-0.39, 0.29) is 11.9 Å². The highest BCUT2D eigenvalue weighted by atomic mass is 35.5. The summed E-state index contributed by atoms with van der Waals surface area (Å²) in [6.45, 7) is 6.54. The highest BCUT2D eigenvalue weighted by molar-refractivity contribution is 7.91. The molecule has 35 heavy (non-hydrogen) atoms. The Labute approximate surface area is 210 Å². The third-order valence-corrected chi connectivity index (χ3v) is 8.07. The van der Waals surface area contributed by atoms with Crippen LogP contribution >= 0.6 is 27.3 Å². The number of nitrogens with zero attached hydrogens (tertiary/aromatic N) is 2. The van der Waals surface area contributed by atoms with Crippen LogP contribution in [0.5, 0.6) is 5.75 Å². The number of ether oxygens (including phenoxy) is 2. The van der Waals surface area contributed by atoms with Gasteiger partial charge >= 0.3 is 11.7 Å². The van der Waals surface area contributed by atoms with Gasteiger partial charge < -0.3 is 24.8 Å². The fraction of sp³-hybridized carbons (Fsp3) is 0.476. The molecule has 6 atom stereocenters. The lowest BCUT2D eigenvalue weighted by atomic mass is 10.0. The van der Waals surface area contributed by atoms with E-state index in [1.54, 1.807) is 45.0 Å². The van der Waals surface area contributed by atoms with Gasteiger partial charge in [0, 0.05) is 6.20 Å². The van der Waals surface area contributed by atoms with Gasteiger partial charge in [0.15, 0.2) is 12.5 Å². The summed E-state index contributed by atoms with van der Waals surface area (Å²) in [5.74, 6) is -0.0820. The summed E-state index contributed by atoms with van der Waals surface area (Å²) in [6, 6.07) is 9.26. The third-order valence-electron chi connectivity index (χ3n) is 4.98. The molecule has 0 bridgehead atoms. The third kappa shape index (κ3) is 6.62. The first-order valence-electron chi connectivity index (χ1n) is 10.7. The number of carbonyl (C=O) groups excluding carboxylic acids is 1. The fourth-order valence-electron chi connectivity index (χ4n) is 3.27. The Bertz CT molecular complexity index is 1150. The topological polar surface area (TPSA) is 147 Å².